The van der Waals surface area contributed by atoms with Gasteiger partial charge in [-0.25, -0.2) is 4.79 Å². The van der Waals surface area contributed by atoms with Crippen molar-refractivity contribution in [2.75, 3.05) is 6.61 Å². The van der Waals surface area contributed by atoms with E-state index < -0.39 is 17.4 Å². The van der Waals surface area contributed by atoms with Gasteiger partial charge < -0.3 is 18.9 Å². The Morgan fingerprint density at radius 3 is 2.59 bits per heavy atom. The van der Waals surface area contributed by atoms with Gasteiger partial charge in [0.2, 0.25) is 0 Å². The molecule has 0 aromatic carbocycles. The highest BCUT2D eigenvalue weighted by Gasteiger charge is 2.54. The van der Waals surface area contributed by atoms with Crippen molar-refractivity contribution in [2.24, 2.45) is 5.11 Å². The number of fused-ring (bicyclic) bond motifs is 1. The van der Waals surface area contributed by atoms with Crippen LogP contribution in [0.1, 0.15) is 41.0 Å². The number of hydrogen-bond acceptors (Lipinski definition) is 6. The van der Waals surface area contributed by atoms with Crippen LogP contribution in [0, 0.1) is 0 Å². The van der Waals surface area contributed by atoms with Crippen molar-refractivity contribution in [1.29, 1.82) is 0 Å². The molecule has 4 atom stereocenters. The monoisotopic (exact) mass is 313 g/mol. The molecule has 1 heterocycles. The average Bonchev–Trinajstić information content (AvgIpc) is 2.80. The van der Waals surface area contributed by atoms with Gasteiger partial charge in [-0.2, -0.15) is 0 Å². The summed E-state index contributed by atoms with van der Waals surface area (Å²) in [6.07, 6.45) is -0.615. The van der Waals surface area contributed by atoms with E-state index in [1.54, 1.807) is 34.6 Å². The van der Waals surface area contributed by atoms with Gasteiger partial charge >= 0.3 is 5.97 Å². The molecule has 2 fully saturated rings. The van der Waals surface area contributed by atoms with E-state index in [0.717, 1.165) is 0 Å². The molecule has 0 bridgehead atoms. The van der Waals surface area contributed by atoms with Gasteiger partial charge in [0, 0.05) is 4.91 Å². The third-order valence-electron chi connectivity index (χ3n) is 3.42. The van der Waals surface area contributed by atoms with E-state index in [4.69, 9.17) is 24.5 Å². The first-order valence-corrected chi connectivity index (χ1v) is 7.34. The predicted octanol–water partition coefficient (Wildman–Crippen LogP) is 2.32. The van der Waals surface area contributed by atoms with Crippen LogP contribution in [0.3, 0.4) is 0 Å². The molecule has 1 saturated heterocycles. The highest BCUT2D eigenvalue weighted by atomic mass is 16.8. The van der Waals surface area contributed by atoms with Gasteiger partial charge in [-0.1, -0.05) is 5.11 Å². The first kappa shape index (κ1) is 17.0. The van der Waals surface area contributed by atoms with E-state index in [1.165, 1.54) is 0 Å². The van der Waals surface area contributed by atoms with Crippen LogP contribution in [-0.2, 0) is 23.7 Å². The Morgan fingerprint density at radius 2 is 2.00 bits per heavy atom. The number of rotatable bonds is 4. The fraction of sp³-hybridized carbons (Fsp3) is 0.929. The Balaban J connectivity index is 1.96. The van der Waals surface area contributed by atoms with Gasteiger partial charge in [0.15, 0.2) is 5.79 Å². The van der Waals surface area contributed by atoms with E-state index in [2.05, 4.69) is 10.0 Å². The lowest BCUT2D eigenvalue weighted by molar-refractivity contribution is -0.176. The summed E-state index contributed by atoms with van der Waals surface area (Å²) >= 11 is 0. The summed E-state index contributed by atoms with van der Waals surface area (Å²) in [5.41, 5.74) is 8.10. The molecule has 0 N–H and O–H groups in total. The largest absolute Gasteiger partial charge is 0.458 e. The molecule has 0 unspecified atom stereocenters. The fourth-order valence-corrected chi connectivity index (χ4v) is 2.80. The smallest absolute Gasteiger partial charge is 0.332 e. The average molecular weight is 313 g/mol. The van der Waals surface area contributed by atoms with E-state index in [9.17, 15) is 4.79 Å². The number of azide groups is 1. The van der Waals surface area contributed by atoms with Crippen molar-refractivity contribution in [3.8, 4) is 0 Å². The zero-order chi connectivity index (χ0) is 16.5. The number of hydrogen-bond donors (Lipinski definition) is 0. The molecule has 0 radical (unpaired) electrons. The number of ether oxygens (including phenoxy) is 4. The Kier molecular flexibility index (Phi) is 4.67. The van der Waals surface area contributed by atoms with Crippen LogP contribution in [0.2, 0.25) is 0 Å². The highest BCUT2D eigenvalue weighted by Crippen LogP contribution is 2.41. The van der Waals surface area contributed by atoms with Crippen LogP contribution in [0.4, 0.5) is 0 Å². The summed E-state index contributed by atoms with van der Waals surface area (Å²) in [6.45, 7) is 8.81. The Hall–Kier alpha value is -1.34. The van der Waals surface area contributed by atoms with Crippen molar-refractivity contribution in [3.05, 3.63) is 10.4 Å². The molecule has 1 saturated carbocycles. The summed E-state index contributed by atoms with van der Waals surface area (Å²) in [7, 11) is 0. The molecular formula is C14H23N3O5. The minimum atomic E-state index is -0.757. The highest BCUT2D eigenvalue weighted by molar-refractivity contribution is 5.71. The zero-order valence-electron chi connectivity index (χ0n) is 13.6. The third kappa shape index (κ3) is 4.10. The molecule has 1 aliphatic carbocycles. The number of carbonyl (C=O) groups is 1. The number of esters is 1. The fourth-order valence-electron chi connectivity index (χ4n) is 2.80. The Bertz CT molecular complexity index is 481. The van der Waals surface area contributed by atoms with Gasteiger partial charge in [0.25, 0.3) is 0 Å². The molecule has 2 rings (SSSR count). The molecule has 0 spiro atoms. The molecule has 8 nitrogen and oxygen atoms in total. The van der Waals surface area contributed by atoms with Gasteiger partial charge in [0.1, 0.15) is 18.3 Å². The van der Waals surface area contributed by atoms with E-state index in [0.29, 0.717) is 6.42 Å². The topological polar surface area (TPSA) is 103 Å². The summed E-state index contributed by atoms with van der Waals surface area (Å²) in [5, 5.41) is 3.75. The van der Waals surface area contributed by atoms with Gasteiger partial charge in [0.05, 0.1) is 18.2 Å². The minimum absolute atomic E-state index is 0.169. The predicted molar refractivity (Wildman–Crippen MR) is 77.0 cm³/mol. The second-order valence-electron chi connectivity index (χ2n) is 7.01. The second kappa shape index (κ2) is 6.04. The molecule has 1 aliphatic heterocycles. The van der Waals surface area contributed by atoms with Crippen LogP contribution < -0.4 is 0 Å². The molecule has 22 heavy (non-hydrogen) atoms. The lowest BCUT2D eigenvalue weighted by atomic mass is 10.2. The normalized spacial score (nSPS) is 33.1. The van der Waals surface area contributed by atoms with Gasteiger partial charge in [-0.05, 0) is 46.6 Å². The molecule has 124 valence electrons. The molecule has 8 heteroatoms. The lowest BCUT2D eigenvalue weighted by Crippen LogP contribution is -2.34. The van der Waals surface area contributed by atoms with Crippen molar-refractivity contribution in [3.63, 3.8) is 0 Å². The van der Waals surface area contributed by atoms with Gasteiger partial charge in [-0.15, -0.1) is 0 Å². The van der Waals surface area contributed by atoms with Crippen molar-refractivity contribution >= 4 is 5.97 Å². The van der Waals surface area contributed by atoms with Crippen LogP contribution in [-0.4, -0.2) is 48.3 Å². The maximum absolute atomic E-state index is 11.7. The van der Waals surface area contributed by atoms with Crippen molar-refractivity contribution in [1.82, 2.24) is 0 Å². The van der Waals surface area contributed by atoms with Crippen LogP contribution in [0.25, 0.3) is 10.4 Å². The number of nitrogens with zero attached hydrogens (tertiary/aromatic N) is 3. The molecular weight excluding hydrogens is 290 g/mol. The number of carbonyl (C=O) groups excluding carboxylic acids is 1. The zero-order valence-corrected chi connectivity index (χ0v) is 13.6. The first-order chi connectivity index (χ1) is 10.1. The van der Waals surface area contributed by atoms with Crippen LogP contribution >= 0.6 is 0 Å². The Morgan fingerprint density at radius 1 is 1.36 bits per heavy atom. The lowest BCUT2D eigenvalue weighted by Gasteiger charge is -2.23. The van der Waals surface area contributed by atoms with Crippen LogP contribution in [0.15, 0.2) is 5.11 Å². The Labute approximate surface area is 129 Å². The molecule has 0 amide bonds. The molecule has 0 aromatic heterocycles. The second-order valence-corrected chi connectivity index (χ2v) is 7.01. The molecule has 0 aromatic rings. The molecule has 2 aliphatic rings. The standard InChI is InChI=1S/C14H23N3O5/c1-13(2,3)20-10(18)7-19-9-6-8(16-17-15)11-12(9)22-14(4,5)21-11/h8-9,11-12H,6-7H2,1-5H3/t8-,9+,11+,12-/m1/s1. The van der Waals surface area contributed by atoms with E-state index in [1.807, 2.05) is 0 Å². The summed E-state index contributed by atoms with van der Waals surface area (Å²) in [6, 6.07) is -0.361. The first-order valence-electron chi connectivity index (χ1n) is 7.34. The van der Waals surface area contributed by atoms with Crippen molar-refractivity contribution in [2.45, 2.75) is 76.8 Å². The quantitative estimate of drug-likeness (QED) is 0.343. The third-order valence-corrected chi connectivity index (χ3v) is 3.42. The SMILES string of the molecule is CC(C)(C)OC(=O)CO[C@H]1C[C@@H](N=[N+]=[N-])[C@@H]2OC(C)(C)O[C@@H]21. The maximum Gasteiger partial charge on any atom is 0.332 e. The maximum atomic E-state index is 11.7. The van der Waals surface area contributed by atoms with Gasteiger partial charge in [-0.3, -0.25) is 0 Å². The summed E-state index contributed by atoms with van der Waals surface area (Å²) in [4.78, 5) is 14.6. The van der Waals surface area contributed by atoms with E-state index in [-0.39, 0.29) is 31.0 Å². The summed E-state index contributed by atoms with van der Waals surface area (Å²) < 4.78 is 22.4. The summed E-state index contributed by atoms with van der Waals surface area (Å²) in [5.74, 6) is -1.19. The minimum Gasteiger partial charge on any atom is -0.458 e. The van der Waals surface area contributed by atoms with E-state index >= 15 is 0 Å². The van der Waals surface area contributed by atoms with Crippen LogP contribution in [0.5, 0.6) is 0 Å². The van der Waals surface area contributed by atoms with Crippen molar-refractivity contribution < 1.29 is 23.7 Å².